The van der Waals surface area contributed by atoms with Crippen LogP contribution in [0.1, 0.15) is 11.4 Å². The van der Waals surface area contributed by atoms with E-state index in [4.69, 9.17) is 11.6 Å². The highest BCUT2D eigenvalue weighted by Gasteiger charge is 2.20. The van der Waals surface area contributed by atoms with Gasteiger partial charge < -0.3 is 0 Å². The van der Waals surface area contributed by atoms with Gasteiger partial charge in [-0.2, -0.15) is 4.68 Å². The smallest absolute Gasteiger partial charge is 0.175 e. The summed E-state index contributed by atoms with van der Waals surface area (Å²) in [5.41, 5.74) is 2.00. The average molecular weight is 447 g/mol. The average Bonchev–Trinajstić information content (AvgIpc) is 3.19. The highest BCUT2D eigenvalue weighted by Crippen LogP contribution is 2.16. The minimum atomic E-state index is -3.23. The van der Waals surface area contributed by atoms with E-state index >= 15 is 0 Å². The van der Waals surface area contributed by atoms with Crippen LogP contribution in [0.4, 0.5) is 0 Å². The lowest BCUT2D eigenvalue weighted by Gasteiger charge is -2.34. The van der Waals surface area contributed by atoms with Crippen LogP contribution >= 0.6 is 11.6 Å². The minimum Gasteiger partial charge on any atom is -0.297 e. The van der Waals surface area contributed by atoms with Crippen molar-refractivity contribution in [1.29, 1.82) is 0 Å². The van der Waals surface area contributed by atoms with Gasteiger partial charge in [0.1, 0.15) is 0 Å². The van der Waals surface area contributed by atoms with Gasteiger partial charge in [-0.15, -0.1) is 5.10 Å². The molecule has 30 heavy (non-hydrogen) atoms. The second-order valence-electron chi connectivity index (χ2n) is 7.45. The molecule has 2 heterocycles. The Labute approximate surface area is 181 Å². The summed E-state index contributed by atoms with van der Waals surface area (Å²) in [6.07, 6.45) is 1.19. The van der Waals surface area contributed by atoms with Crippen LogP contribution in [0, 0.1) is 0 Å². The van der Waals surface area contributed by atoms with Gasteiger partial charge >= 0.3 is 0 Å². The third kappa shape index (κ3) is 5.04. The fraction of sp³-hybridized carbons (Fsp3) is 0.350. The summed E-state index contributed by atoms with van der Waals surface area (Å²) in [6, 6.07) is 14.6. The van der Waals surface area contributed by atoms with Crippen molar-refractivity contribution >= 4 is 21.4 Å². The lowest BCUT2D eigenvalue weighted by atomic mass is 10.2. The van der Waals surface area contributed by atoms with Gasteiger partial charge in [0.25, 0.3) is 0 Å². The molecule has 158 valence electrons. The highest BCUT2D eigenvalue weighted by atomic mass is 35.5. The van der Waals surface area contributed by atoms with E-state index < -0.39 is 9.84 Å². The Balaban J connectivity index is 1.36. The Kier molecular flexibility index (Phi) is 6.14. The quantitative estimate of drug-likeness (QED) is 0.572. The van der Waals surface area contributed by atoms with Crippen LogP contribution in [0.25, 0.3) is 5.69 Å². The minimum absolute atomic E-state index is 0.276. The molecule has 0 amide bonds. The van der Waals surface area contributed by atoms with Gasteiger partial charge in [-0.25, -0.2) is 8.42 Å². The van der Waals surface area contributed by atoms with Crippen LogP contribution in [-0.4, -0.2) is 70.9 Å². The molecule has 3 aromatic rings. The molecular formula is C20H23ClN6O2S. The summed E-state index contributed by atoms with van der Waals surface area (Å²) in [5, 5.41) is 12.8. The molecule has 0 N–H and O–H groups in total. The van der Waals surface area contributed by atoms with Crippen molar-refractivity contribution < 1.29 is 8.42 Å². The maximum Gasteiger partial charge on any atom is 0.175 e. The maximum atomic E-state index is 11.7. The first-order chi connectivity index (χ1) is 14.4. The van der Waals surface area contributed by atoms with E-state index in [9.17, 15) is 8.42 Å². The zero-order valence-electron chi connectivity index (χ0n) is 16.6. The predicted octanol–water partition coefficient (Wildman–Crippen LogP) is 2.04. The SMILES string of the molecule is CS(=O)(=O)c1ccc(-n2nnnc2CN2CCN(Cc3ccc(Cl)cc3)CC2)cc1. The van der Waals surface area contributed by atoms with Gasteiger partial charge in [-0.3, -0.25) is 9.80 Å². The second kappa shape index (κ2) is 8.81. The number of rotatable bonds is 6. The third-order valence-corrected chi connectivity index (χ3v) is 6.57. The van der Waals surface area contributed by atoms with Crippen molar-refractivity contribution in [3.8, 4) is 5.69 Å². The van der Waals surface area contributed by atoms with Crippen molar-refractivity contribution in [3.63, 3.8) is 0 Å². The van der Waals surface area contributed by atoms with E-state index in [1.165, 1.54) is 11.8 Å². The summed E-state index contributed by atoms with van der Waals surface area (Å²) in [7, 11) is -3.23. The first-order valence-electron chi connectivity index (χ1n) is 9.65. The lowest BCUT2D eigenvalue weighted by molar-refractivity contribution is 0.119. The summed E-state index contributed by atoms with van der Waals surface area (Å²) < 4.78 is 25.0. The fourth-order valence-electron chi connectivity index (χ4n) is 3.49. The Morgan fingerprint density at radius 2 is 1.50 bits per heavy atom. The van der Waals surface area contributed by atoms with Crippen LogP contribution in [0.5, 0.6) is 0 Å². The van der Waals surface area contributed by atoms with Gasteiger partial charge in [-0.05, 0) is 52.4 Å². The summed E-state index contributed by atoms with van der Waals surface area (Å²) in [6.45, 7) is 5.33. The van der Waals surface area contributed by atoms with Gasteiger partial charge in [0.2, 0.25) is 0 Å². The number of piperazine rings is 1. The van der Waals surface area contributed by atoms with Crippen LogP contribution in [-0.2, 0) is 22.9 Å². The van der Waals surface area contributed by atoms with Gasteiger partial charge in [0, 0.05) is 44.0 Å². The first-order valence-corrected chi connectivity index (χ1v) is 11.9. The standard InChI is InChI=1S/C20H23ClN6O2S/c1-30(28,29)19-8-6-18(7-9-19)27-20(22-23-24-27)15-26-12-10-25(11-13-26)14-16-2-4-17(21)5-3-16/h2-9H,10-15H2,1H3. The Morgan fingerprint density at radius 1 is 0.900 bits per heavy atom. The van der Waals surface area contributed by atoms with E-state index in [1.807, 2.05) is 12.1 Å². The number of sulfone groups is 1. The molecule has 0 saturated carbocycles. The van der Waals surface area contributed by atoms with Crippen molar-refractivity contribution in [3.05, 3.63) is 64.9 Å². The zero-order chi connectivity index (χ0) is 21.1. The topological polar surface area (TPSA) is 84.2 Å². The molecule has 1 aromatic heterocycles. The van der Waals surface area contributed by atoms with Crippen molar-refractivity contribution in [1.82, 2.24) is 30.0 Å². The van der Waals surface area contributed by atoms with E-state index in [0.29, 0.717) is 6.54 Å². The van der Waals surface area contributed by atoms with Crippen molar-refractivity contribution in [2.45, 2.75) is 18.0 Å². The van der Waals surface area contributed by atoms with E-state index in [2.05, 4.69) is 37.5 Å². The second-order valence-corrected chi connectivity index (χ2v) is 9.90. The third-order valence-electron chi connectivity index (χ3n) is 5.19. The number of hydrogen-bond donors (Lipinski definition) is 0. The molecule has 2 aromatic carbocycles. The van der Waals surface area contributed by atoms with Gasteiger partial charge in [0.15, 0.2) is 15.7 Å². The number of aromatic nitrogens is 4. The summed E-state index contributed by atoms with van der Waals surface area (Å²) in [4.78, 5) is 5.02. The largest absolute Gasteiger partial charge is 0.297 e. The van der Waals surface area contributed by atoms with Crippen LogP contribution in [0.2, 0.25) is 5.02 Å². The monoisotopic (exact) mass is 446 g/mol. The molecule has 0 radical (unpaired) electrons. The molecule has 1 aliphatic rings. The summed E-state index contributed by atoms with van der Waals surface area (Å²) >= 11 is 5.96. The Hall–Kier alpha value is -2.33. The molecule has 0 unspecified atom stereocenters. The first kappa shape index (κ1) is 20.9. The molecule has 4 rings (SSSR count). The molecule has 1 aliphatic heterocycles. The maximum absolute atomic E-state index is 11.7. The normalized spacial score (nSPS) is 16.1. The van der Waals surface area contributed by atoms with Crippen LogP contribution in [0.3, 0.4) is 0 Å². The molecule has 10 heteroatoms. The molecule has 0 atom stereocenters. The number of tetrazole rings is 1. The van der Waals surface area contributed by atoms with Gasteiger partial charge in [0.05, 0.1) is 17.1 Å². The number of hydrogen-bond acceptors (Lipinski definition) is 7. The Morgan fingerprint density at radius 3 is 2.10 bits per heavy atom. The lowest BCUT2D eigenvalue weighted by Crippen LogP contribution is -2.45. The van der Waals surface area contributed by atoms with Crippen molar-refractivity contribution in [2.75, 3.05) is 32.4 Å². The molecule has 1 fully saturated rings. The van der Waals surface area contributed by atoms with E-state index in [-0.39, 0.29) is 4.90 Å². The van der Waals surface area contributed by atoms with Crippen LogP contribution in [0.15, 0.2) is 53.4 Å². The van der Waals surface area contributed by atoms with E-state index in [0.717, 1.165) is 49.3 Å². The predicted molar refractivity (Wildman–Crippen MR) is 114 cm³/mol. The highest BCUT2D eigenvalue weighted by molar-refractivity contribution is 7.90. The van der Waals surface area contributed by atoms with Crippen LogP contribution < -0.4 is 0 Å². The zero-order valence-corrected chi connectivity index (χ0v) is 18.2. The molecule has 0 aliphatic carbocycles. The molecular weight excluding hydrogens is 424 g/mol. The fourth-order valence-corrected chi connectivity index (χ4v) is 4.25. The molecule has 1 saturated heterocycles. The van der Waals surface area contributed by atoms with Crippen molar-refractivity contribution in [2.24, 2.45) is 0 Å². The van der Waals surface area contributed by atoms with Gasteiger partial charge in [-0.1, -0.05) is 23.7 Å². The number of benzene rings is 2. The molecule has 0 bridgehead atoms. The number of nitrogens with zero attached hydrogens (tertiary/aromatic N) is 6. The number of halogens is 1. The molecule has 0 spiro atoms. The summed E-state index contributed by atoms with van der Waals surface area (Å²) in [5.74, 6) is 0.730. The van der Waals surface area contributed by atoms with E-state index in [1.54, 1.807) is 28.9 Å². The molecule has 8 nitrogen and oxygen atoms in total. The Bertz CT molecular complexity index is 1090.